The molecule has 0 radical (unpaired) electrons. The highest BCUT2D eigenvalue weighted by Crippen LogP contribution is 2.27. The fourth-order valence-electron chi connectivity index (χ4n) is 2.12. The minimum atomic E-state index is -0.863. The summed E-state index contributed by atoms with van der Waals surface area (Å²) in [5.41, 5.74) is 0. The van der Waals surface area contributed by atoms with Gasteiger partial charge in [0.25, 0.3) is 0 Å². The molecule has 2 N–H and O–H groups in total. The summed E-state index contributed by atoms with van der Waals surface area (Å²) in [7, 11) is 0. The standard InChI is InChI=1S/C17H16N2O3S2/c20-17(21)14(10-13-4-3-9-23-13)19-11-12-6-7-16(22-12)24-15-5-1-2-8-18-15/h1-9,14,19H,10-11H2,(H,20,21). The van der Waals surface area contributed by atoms with Crippen LogP contribution in [0.15, 0.2) is 68.6 Å². The number of aliphatic carboxylic acids is 1. The number of aromatic nitrogens is 1. The minimum Gasteiger partial charge on any atom is -0.480 e. The Morgan fingerprint density at radius 2 is 2.21 bits per heavy atom. The summed E-state index contributed by atoms with van der Waals surface area (Å²) in [5, 5.41) is 15.9. The number of carboxylic acids is 1. The number of rotatable bonds is 8. The Morgan fingerprint density at radius 1 is 1.29 bits per heavy atom. The van der Waals surface area contributed by atoms with Crippen LogP contribution in [0.5, 0.6) is 0 Å². The van der Waals surface area contributed by atoms with Gasteiger partial charge in [-0.05, 0) is 47.5 Å². The molecule has 0 aliphatic heterocycles. The van der Waals surface area contributed by atoms with Crippen LogP contribution in [0, 0.1) is 0 Å². The third-order valence-electron chi connectivity index (χ3n) is 3.29. The zero-order valence-electron chi connectivity index (χ0n) is 12.7. The first kappa shape index (κ1) is 16.8. The zero-order chi connectivity index (χ0) is 16.8. The molecule has 124 valence electrons. The Balaban J connectivity index is 1.56. The molecule has 3 aromatic rings. The van der Waals surface area contributed by atoms with Crippen LogP contribution >= 0.6 is 23.1 Å². The molecule has 1 unspecified atom stereocenters. The number of hydrogen-bond donors (Lipinski definition) is 2. The molecule has 7 heteroatoms. The molecule has 3 rings (SSSR count). The van der Waals surface area contributed by atoms with E-state index in [-0.39, 0.29) is 0 Å². The molecule has 24 heavy (non-hydrogen) atoms. The summed E-state index contributed by atoms with van der Waals surface area (Å²) < 4.78 is 5.72. The van der Waals surface area contributed by atoms with E-state index in [2.05, 4.69) is 10.3 Å². The first-order chi connectivity index (χ1) is 11.7. The van der Waals surface area contributed by atoms with Gasteiger partial charge in [-0.25, -0.2) is 4.98 Å². The molecule has 0 saturated carbocycles. The predicted molar refractivity (Wildman–Crippen MR) is 93.4 cm³/mol. The van der Waals surface area contributed by atoms with E-state index in [1.54, 1.807) is 17.5 Å². The number of carbonyl (C=O) groups is 1. The minimum absolute atomic E-state index is 0.366. The summed E-state index contributed by atoms with van der Waals surface area (Å²) in [5.74, 6) is -0.163. The van der Waals surface area contributed by atoms with Gasteiger partial charge in [0.1, 0.15) is 16.8 Å². The molecule has 0 fully saturated rings. The Labute approximate surface area is 147 Å². The van der Waals surface area contributed by atoms with Crippen LogP contribution in [0.1, 0.15) is 10.6 Å². The average Bonchev–Trinajstić information content (AvgIpc) is 3.24. The Bertz CT molecular complexity index is 772. The number of furan rings is 1. The highest BCUT2D eigenvalue weighted by atomic mass is 32.2. The van der Waals surface area contributed by atoms with Gasteiger partial charge in [-0.1, -0.05) is 12.1 Å². The van der Waals surface area contributed by atoms with Crippen LogP contribution in [-0.2, 0) is 17.8 Å². The van der Waals surface area contributed by atoms with E-state index in [0.29, 0.717) is 18.7 Å². The van der Waals surface area contributed by atoms with Crippen LogP contribution in [-0.4, -0.2) is 22.1 Å². The molecule has 1 atom stereocenters. The summed E-state index contributed by atoms with van der Waals surface area (Å²) in [4.78, 5) is 16.7. The van der Waals surface area contributed by atoms with Gasteiger partial charge < -0.3 is 9.52 Å². The van der Waals surface area contributed by atoms with Gasteiger partial charge in [-0.3, -0.25) is 10.1 Å². The van der Waals surface area contributed by atoms with Crippen LogP contribution in [0.25, 0.3) is 0 Å². The second kappa shape index (κ2) is 8.14. The van der Waals surface area contributed by atoms with E-state index < -0.39 is 12.0 Å². The van der Waals surface area contributed by atoms with Crippen molar-refractivity contribution < 1.29 is 14.3 Å². The van der Waals surface area contributed by atoms with E-state index in [4.69, 9.17) is 4.42 Å². The molecule has 0 saturated heterocycles. The summed E-state index contributed by atoms with van der Waals surface area (Å²) >= 11 is 2.99. The van der Waals surface area contributed by atoms with Crippen molar-refractivity contribution in [3.63, 3.8) is 0 Å². The third-order valence-corrected chi connectivity index (χ3v) is 5.06. The van der Waals surface area contributed by atoms with Crippen molar-refractivity contribution in [2.75, 3.05) is 0 Å². The lowest BCUT2D eigenvalue weighted by molar-refractivity contribution is -0.139. The van der Waals surface area contributed by atoms with Gasteiger partial charge in [0.15, 0.2) is 5.09 Å². The van der Waals surface area contributed by atoms with Crippen molar-refractivity contribution >= 4 is 29.1 Å². The maximum atomic E-state index is 11.4. The summed E-state index contributed by atoms with van der Waals surface area (Å²) in [6.07, 6.45) is 2.19. The second-order valence-electron chi connectivity index (χ2n) is 5.05. The van der Waals surface area contributed by atoms with E-state index >= 15 is 0 Å². The van der Waals surface area contributed by atoms with Crippen molar-refractivity contribution in [3.05, 3.63) is 64.7 Å². The first-order valence-electron chi connectivity index (χ1n) is 7.37. The molecule has 0 aliphatic rings. The lowest BCUT2D eigenvalue weighted by Gasteiger charge is -2.12. The van der Waals surface area contributed by atoms with E-state index in [1.807, 2.05) is 47.8 Å². The highest BCUT2D eigenvalue weighted by molar-refractivity contribution is 7.99. The molecule has 0 aromatic carbocycles. The van der Waals surface area contributed by atoms with Crippen LogP contribution in [0.4, 0.5) is 0 Å². The molecule has 0 bridgehead atoms. The van der Waals surface area contributed by atoms with Gasteiger partial charge in [0.05, 0.1) is 6.54 Å². The SMILES string of the molecule is O=C(O)C(Cc1cccs1)NCc1ccc(Sc2ccccn2)o1. The summed E-state index contributed by atoms with van der Waals surface area (Å²) in [6.45, 7) is 0.366. The van der Waals surface area contributed by atoms with E-state index in [0.717, 1.165) is 15.0 Å². The van der Waals surface area contributed by atoms with Crippen LogP contribution in [0.2, 0.25) is 0 Å². The van der Waals surface area contributed by atoms with Crippen LogP contribution < -0.4 is 5.32 Å². The van der Waals surface area contributed by atoms with Crippen molar-refractivity contribution in [1.29, 1.82) is 0 Å². The number of nitrogens with one attached hydrogen (secondary N) is 1. The molecule has 5 nitrogen and oxygen atoms in total. The molecular weight excluding hydrogens is 344 g/mol. The molecule has 0 aliphatic carbocycles. The van der Waals surface area contributed by atoms with Gasteiger partial charge in [-0.2, -0.15) is 0 Å². The topological polar surface area (TPSA) is 75.4 Å². The third kappa shape index (κ3) is 4.70. The summed E-state index contributed by atoms with van der Waals surface area (Å²) in [6, 6.07) is 12.6. The Hall–Kier alpha value is -2.09. The lowest BCUT2D eigenvalue weighted by Crippen LogP contribution is -2.37. The van der Waals surface area contributed by atoms with E-state index in [9.17, 15) is 9.90 Å². The maximum Gasteiger partial charge on any atom is 0.321 e. The van der Waals surface area contributed by atoms with Gasteiger partial charge in [-0.15, -0.1) is 11.3 Å². The lowest BCUT2D eigenvalue weighted by atomic mass is 10.2. The molecule has 0 spiro atoms. The fraction of sp³-hybridized carbons (Fsp3) is 0.176. The van der Waals surface area contributed by atoms with Crippen LogP contribution in [0.3, 0.4) is 0 Å². The van der Waals surface area contributed by atoms with E-state index in [1.165, 1.54) is 11.8 Å². The largest absolute Gasteiger partial charge is 0.480 e. The zero-order valence-corrected chi connectivity index (χ0v) is 14.3. The Morgan fingerprint density at radius 3 is 2.92 bits per heavy atom. The quantitative estimate of drug-likeness (QED) is 0.638. The monoisotopic (exact) mass is 360 g/mol. The highest BCUT2D eigenvalue weighted by Gasteiger charge is 2.18. The molecule has 3 aromatic heterocycles. The van der Waals surface area contributed by atoms with Crippen molar-refractivity contribution in [2.45, 2.75) is 29.1 Å². The molecule has 0 amide bonds. The predicted octanol–water partition coefficient (Wildman–Crippen LogP) is 3.67. The number of pyridine rings is 1. The number of nitrogens with zero attached hydrogens (tertiary/aromatic N) is 1. The van der Waals surface area contributed by atoms with Gasteiger partial charge >= 0.3 is 5.97 Å². The molecule has 3 heterocycles. The number of thiophene rings is 1. The maximum absolute atomic E-state index is 11.4. The molecular formula is C17H16N2O3S2. The van der Waals surface area contributed by atoms with Crippen molar-refractivity contribution in [3.8, 4) is 0 Å². The Kier molecular flexibility index (Phi) is 5.68. The number of carboxylic acid groups (broad SMARTS) is 1. The first-order valence-corrected chi connectivity index (χ1v) is 9.06. The number of hydrogen-bond acceptors (Lipinski definition) is 6. The van der Waals surface area contributed by atoms with Gasteiger partial charge in [0.2, 0.25) is 0 Å². The second-order valence-corrected chi connectivity index (χ2v) is 7.10. The normalized spacial score (nSPS) is 12.2. The average molecular weight is 360 g/mol. The van der Waals surface area contributed by atoms with Crippen molar-refractivity contribution in [2.24, 2.45) is 0 Å². The smallest absolute Gasteiger partial charge is 0.321 e. The fourth-order valence-corrected chi connectivity index (χ4v) is 3.62. The van der Waals surface area contributed by atoms with Crippen molar-refractivity contribution in [1.82, 2.24) is 10.3 Å². The van der Waals surface area contributed by atoms with Gasteiger partial charge in [0, 0.05) is 17.5 Å².